The largest absolute Gasteiger partial charge is 0.612 e. The molecule has 0 aliphatic rings. The first-order chi connectivity index (χ1) is 13.7. The highest BCUT2D eigenvalue weighted by molar-refractivity contribution is 7.36. The van der Waals surface area contributed by atoms with E-state index in [1.807, 2.05) is 0 Å². The van der Waals surface area contributed by atoms with Crippen molar-refractivity contribution in [3.05, 3.63) is 12.2 Å². The van der Waals surface area contributed by atoms with E-state index in [-0.39, 0.29) is 0 Å². The maximum absolute atomic E-state index is 11.7. The number of hydrogen-bond acceptors (Lipinski definition) is 2. The first kappa shape index (κ1) is 27.8. The van der Waals surface area contributed by atoms with E-state index in [0.29, 0.717) is 6.61 Å². The average Bonchev–Trinajstić information content (AvgIpc) is 2.70. The standard InChI is InChI=1S/C24H49NO2P/c1-4-6-7-8-9-10-11-12-13-14-15-16-17-20-23-27-28(26)25-22-19-18-21-24(3)5-2/h3-23H2,1-2H3,(H,25,26)/q+1. The third kappa shape index (κ3) is 22.1. The van der Waals surface area contributed by atoms with Crippen molar-refractivity contribution >= 4 is 8.18 Å². The van der Waals surface area contributed by atoms with Crippen LogP contribution in [0.4, 0.5) is 0 Å². The van der Waals surface area contributed by atoms with Gasteiger partial charge in [-0.3, -0.25) is 0 Å². The second-order valence-electron chi connectivity index (χ2n) is 8.16. The highest BCUT2D eigenvalue weighted by Crippen LogP contribution is 2.18. The Balaban J connectivity index is 3.16. The summed E-state index contributed by atoms with van der Waals surface area (Å²) in [5, 5.41) is 2.98. The van der Waals surface area contributed by atoms with Crippen LogP contribution in [-0.4, -0.2) is 13.2 Å². The monoisotopic (exact) mass is 414 g/mol. The smallest absolute Gasteiger partial charge is 0.130 e. The van der Waals surface area contributed by atoms with E-state index in [0.717, 1.165) is 38.6 Å². The van der Waals surface area contributed by atoms with Crippen molar-refractivity contribution in [2.75, 3.05) is 13.2 Å². The Labute approximate surface area is 177 Å². The van der Waals surface area contributed by atoms with E-state index < -0.39 is 8.18 Å². The summed E-state index contributed by atoms with van der Waals surface area (Å²) >= 11 is 0. The normalized spacial score (nSPS) is 11.7. The molecule has 0 rings (SSSR count). The molecule has 0 spiro atoms. The van der Waals surface area contributed by atoms with E-state index in [9.17, 15) is 4.57 Å². The Morgan fingerprint density at radius 1 is 0.750 bits per heavy atom. The predicted molar refractivity (Wildman–Crippen MR) is 125 cm³/mol. The molecule has 28 heavy (non-hydrogen) atoms. The Bertz CT molecular complexity index is 361. The van der Waals surface area contributed by atoms with Crippen LogP contribution in [0.3, 0.4) is 0 Å². The molecule has 0 bridgehead atoms. The molecule has 0 aliphatic heterocycles. The SMILES string of the molecule is C=C(CC)CCCCN[P+](=O)OCCCCCCCCCCCCCCCC. The molecule has 0 aromatic carbocycles. The van der Waals surface area contributed by atoms with Crippen molar-refractivity contribution in [3.63, 3.8) is 0 Å². The minimum absolute atomic E-state index is 0.618. The molecular weight excluding hydrogens is 365 g/mol. The molecule has 1 unspecified atom stereocenters. The van der Waals surface area contributed by atoms with Gasteiger partial charge in [0.05, 0.1) is 0 Å². The lowest BCUT2D eigenvalue weighted by molar-refractivity contribution is 0.309. The van der Waals surface area contributed by atoms with Gasteiger partial charge in [-0.05, 0) is 36.7 Å². The van der Waals surface area contributed by atoms with Gasteiger partial charge in [0.25, 0.3) is 0 Å². The maximum Gasteiger partial charge on any atom is 0.612 e. The number of unbranched alkanes of at least 4 members (excludes halogenated alkanes) is 14. The lowest BCUT2D eigenvalue weighted by atomic mass is 10.0. The van der Waals surface area contributed by atoms with E-state index in [2.05, 4.69) is 25.5 Å². The van der Waals surface area contributed by atoms with Crippen LogP contribution < -0.4 is 5.09 Å². The molecule has 1 atom stereocenters. The minimum Gasteiger partial charge on any atom is -0.130 e. The summed E-state index contributed by atoms with van der Waals surface area (Å²) < 4.78 is 17.1. The van der Waals surface area contributed by atoms with Gasteiger partial charge in [-0.2, -0.15) is 0 Å². The predicted octanol–water partition coefficient (Wildman–Crippen LogP) is 8.87. The van der Waals surface area contributed by atoms with Gasteiger partial charge in [0.15, 0.2) is 0 Å². The van der Waals surface area contributed by atoms with Gasteiger partial charge >= 0.3 is 8.18 Å². The molecule has 4 heteroatoms. The van der Waals surface area contributed by atoms with Crippen molar-refractivity contribution in [3.8, 4) is 0 Å². The zero-order valence-corrected chi connectivity index (χ0v) is 20.0. The minimum atomic E-state index is -1.68. The van der Waals surface area contributed by atoms with Crippen molar-refractivity contribution in [1.82, 2.24) is 5.09 Å². The summed E-state index contributed by atoms with van der Waals surface area (Å²) in [4.78, 5) is 0. The van der Waals surface area contributed by atoms with Crippen LogP contribution in [0.2, 0.25) is 0 Å². The summed E-state index contributed by atoms with van der Waals surface area (Å²) in [6.45, 7) is 9.81. The Hall–Kier alpha value is -0.240. The zero-order valence-electron chi connectivity index (χ0n) is 19.1. The van der Waals surface area contributed by atoms with Crippen LogP contribution in [0, 0.1) is 0 Å². The highest BCUT2D eigenvalue weighted by Gasteiger charge is 2.15. The first-order valence-electron chi connectivity index (χ1n) is 12.2. The van der Waals surface area contributed by atoms with Gasteiger partial charge in [-0.15, -0.1) is 4.52 Å². The second-order valence-corrected chi connectivity index (χ2v) is 9.24. The summed E-state index contributed by atoms with van der Waals surface area (Å²) in [6.07, 6.45) is 23.2. The first-order valence-corrected chi connectivity index (χ1v) is 13.4. The number of hydrogen-bond donors (Lipinski definition) is 1. The number of rotatable bonds is 23. The van der Waals surface area contributed by atoms with Crippen LogP contribution in [-0.2, 0) is 9.09 Å². The Morgan fingerprint density at radius 3 is 1.75 bits per heavy atom. The molecule has 0 aliphatic carbocycles. The third-order valence-corrected chi connectivity index (χ3v) is 6.30. The highest BCUT2D eigenvalue weighted by atomic mass is 31.1. The summed E-state index contributed by atoms with van der Waals surface area (Å²) in [5.41, 5.74) is 1.30. The van der Waals surface area contributed by atoms with Crippen molar-refractivity contribution < 1.29 is 9.09 Å². The lowest BCUT2D eigenvalue weighted by Gasteiger charge is -2.02. The molecule has 0 saturated carbocycles. The van der Waals surface area contributed by atoms with Crippen LogP contribution in [0.15, 0.2) is 12.2 Å². The molecule has 3 nitrogen and oxygen atoms in total. The van der Waals surface area contributed by atoms with Gasteiger partial charge in [0, 0.05) is 6.54 Å². The topological polar surface area (TPSA) is 38.3 Å². The molecule has 0 aromatic heterocycles. The van der Waals surface area contributed by atoms with Crippen molar-refractivity contribution in [2.24, 2.45) is 0 Å². The molecule has 0 amide bonds. The quantitative estimate of drug-likeness (QED) is 0.103. The van der Waals surface area contributed by atoms with Crippen molar-refractivity contribution in [2.45, 2.75) is 129 Å². The molecular formula is C24H49NO2P+. The van der Waals surface area contributed by atoms with Gasteiger partial charge < -0.3 is 0 Å². The van der Waals surface area contributed by atoms with Crippen LogP contribution in [0.1, 0.15) is 129 Å². The Morgan fingerprint density at radius 2 is 1.25 bits per heavy atom. The number of allylic oxidation sites excluding steroid dienone is 1. The second kappa shape index (κ2) is 23.0. The molecule has 0 fully saturated rings. The van der Waals surface area contributed by atoms with Crippen LogP contribution >= 0.6 is 8.18 Å². The summed E-state index contributed by atoms with van der Waals surface area (Å²) in [7, 11) is -1.68. The maximum atomic E-state index is 11.7. The molecule has 0 saturated heterocycles. The molecule has 166 valence electrons. The van der Waals surface area contributed by atoms with E-state index in [1.165, 1.54) is 89.0 Å². The zero-order chi connectivity index (χ0) is 20.7. The van der Waals surface area contributed by atoms with Gasteiger partial charge in [0.1, 0.15) is 6.61 Å². The average molecular weight is 415 g/mol. The van der Waals surface area contributed by atoms with Crippen LogP contribution in [0.25, 0.3) is 0 Å². The fourth-order valence-corrected chi connectivity index (χ4v) is 4.06. The molecule has 0 radical (unpaired) electrons. The summed E-state index contributed by atoms with van der Waals surface area (Å²) in [5.74, 6) is 0. The summed E-state index contributed by atoms with van der Waals surface area (Å²) in [6, 6.07) is 0. The lowest BCUT2D eigenvalue weighted by Crippen LogP contribution is -2.07. The van der Waals surface area contributed by atoms with Crippen LogP contribution in [0.5, 0.6) is 0 Å². The van der Waals surface area contributed by atoms with E-state index >= 15 is 0 Å². The molecule has 1 N–H and O–H groups in total. The Kier molecular flexibility index (Phi) is 22.8. The van der Waals surface area contributed by atoms with Gasteiger partial charge in [-0.1, -0.05) is 115 Å². The molecule has 0 heterocycles. The fourth-order valence-electron chi connectivity index (χ4n) is 3.34. The molecule has 0 aromatic rings. The van der Waals surface area contributed by atoms with Crippen molar-refractivity contribution in [1.29, 1.82) is 0 Å². The number of nitrogens with one attached hydrogen (secondary N) is 1. The fraction of sp³-hybridized carbons (Fsp3) is 0.917. The van der Waals surface area contributed by atoms with Gasteiger partial charge in [-0.25, -0.2) is 0 Å². The van der Waals surface area contributed by atoms with Gasteiger partial charge in [0.2, 0.25) is 0 Å². The third-order valence-electron chi connectivity index (χ3n) is 5.40. The van der Waals surface area contributed by atoms with E-state index in [1.54, 1.807) is 0 Å². The van der Waals surface area contributed by atoms with E-state index in [4.69, 9.17) is 4.52 Å².